The van der Waals surface area contributed by atoms with Crippen LogP contribution < -0.4 is 11.1 Å². The molecule has 0 bridgehead atoms. The van der Waals surface area contributed by atoms with Crippen LogP contribution in [0.2, 0.25) is 30.1 Å². The van der Waals surface area contributed by atoms with E-state index in [1.807, 2.05) is 50.2 Å². The Labute approximate surface area is 370 Å². The van der Waals surface area contributed by atoms with Gasteiger partial charge in [-0.05, 0) is 134 Å². The summed E-state index contributed by atoms with van der Waals surface area (Å²) in [5.41, 5.74) is 10.3. The number of hydrogen-bond acceptors (Lipinski definition) is 9. The van der Waals surface area contributed by atoms with Crippen LogP contribution in [-0.2, 0) is 0 Å². The average molecular weight is 908 g/mol. The zero-order valence-electron chi connectivity index (χ0n) is 31.2. The number of aromatic nitrogens is 4. The maximum Gasteiger partial charge on any atom is 0.150 e. The fraction of sp³-hybridized carbons (Fsp3) is 0.0682. The molecule has 5 N–H and O–H groups in total. The average Bonchev–Trinajstić information content (AvgIpc) is 3.20. The summed E-state index contributed by atoms with van der Waals surface area (Å²) in [6.07, 6.45) is 7.36. The van der Waals surface area contributed by atoms with Gasteiger partial charge in [-0.15, -0.1) is 0 Å². The van der Waals surface area contributed by atoms with Gasteiger partial charge < -0.3 is 21.3 Å². The lowest BCUT2D eigenvalue weighted by molar-refractivity contribution is 0.112. The lowest BCUT2D eigenvalue weighted by Gasteiger charge is -2.23. The van der Waals surface area contributed by atoms with Crippen LogP contribution >= 0.6 is 69.6 Å². The van der Waals surface area contributed by atoms with E-state index in [0.29, 0.717) is 75.6 Å². The second-order valence-corrected chi connectivity index (χ2v) is 15.3. The van der Waals surface area contributed by atoms with Gasteiger partial charge in [-0.1, -0.05) is 69.6 Å². The molecule has 0 radical (unpaired) electrons. The summed E-state index contributed by atoms with van der Waals surface area (Å²) in [5, 5.41) is 28.2. The van der Waals surface area contributed by atoms with E-state index >= 15 is 0 Å². The van der Waals surface area contributed by atoms with E-state index in [4.69, 9.17) is 75.3 Å². The molecule has 0 saturated carbocycles. The number of fused-ring (bicyclic) bond motifs is 2. The minimum absolute atomic E-state index is 0.0336. The highest BCUT2D eigenvalue weighted by molar-refractivity contribution is 6.36. The number of phenolic OH excluding ortho intramolecular Hbond substituents is 2. The number of phenols is 2. The summed E-state index contributed by atoms with van der Waals surface area (Å²) in [7, 11) is 0. The first-order valence-electron chi connectivity index (χ1n) is 17.4. The maximum absolute atomic E-state index is 11.0. The fourth-order valence-electron chi connectivity index (χ4n) is 5.60. The molecular weight excluding hydrogens is 873 g/mol. The number of hydrogen-bond donors (Lipinski definition) is 4. The lowest BCUT2D eigenvalue weighted by atomic mass is 9.96. The van der Waals surface area contributed by atoms with Crippen LogP contribution in [0.1, 0.15) is 38.7 Å². The van der Waals surface area contributed by atoms with Gasteiger partial charge in [-0.2, -0.15) is 0 Å². The molecule has 0 amide bonds. The highest BCUT2D eigenvalue weighted by Gasteiger charge is 2.23. The Kier molecular flexibility index (Phi) is 15.9. The third-order valence-electron chi connectivity index (χ3n) is 8.23. The van der Waals surface area contributed by atoms with E-state index < -0.39 is 6.04 Å². The molecule has 8 aromatic rings. The van der Waals surface area contributed by atoms with Crippen molar-refractivity contribution in [1.82, 2.24) is 19.9 Å². The van der Waals surface area contributed by atoms with Gasteiger partial charge in [0.2, 0.25) is 0 Å². The number of pyridine rings is 4. The Morgan fingerprint density at radius 3 is 1.71 bits per heavy atom. The van der Waals surface area contributed by atoms with Crippen LogP contribution in [0.5, 0.6) is 11.5 Å². The number of aromatic hydroxyl groups is 2. The lowest BCUT2D eigenvalue weighted by Crippen LogP contribution is -2.14. The number of aryl methyl sites for hydroxylation is 2. The SMILES string of the molecule is Cc1ccnc(N)c1.Cc1ccnc(NC(c2cc(Cl)cc(Cl)c2)c2cc(Cl)c3cccnc3c2O)c1.O=Cc1cc(Cl)cc(Cl)c1.Oc1ccc(Cl)c2cccnc12. The molecule has 0 aliphatic carbocycles. The number of nitrogens with two attached hydrogens (primary N) is 1. The molecule has 15 heteroatoms. The number of aldehydes is 1. The molecule has 0 spiro atoms. The van der Waals surface area contributed by atoms with Crippen LogP contribution in [0.3, 0.4) is 0 Å². The number of carbonyl (C=O) groups is 1. The molecule has 1 unspecified atom stereocenters. The number of nitrogens with one attached hydrogen (secondary N) is 1. The summed E-state index contributed by atoms with van der Waals surface area (Å²) in [5.74, 6) is 1.42. The van der Waals surface area contributed by atoms with Crippen molar-refractivity contribution in [3.8, 4) is 11.5 Å². The van der Waals surface area contributed by atoms with Crippen LogP contribution in [-0.4, -0.2) is 36.4 Å². The molecule has 59 heavy (non-hydrogen) atoms. The summed E-state index contributed by atoms with van der Waals surface area (Å²) in [6, 6.07) is 29.1. The summed E-state index contributed by atoms with van der Waals surface area (Å²) >= 11 is 36.1. The van der Waals surface area contributed by atoms with E-state index in [2.05, 4.69) is 25.3 Å². The normalized spacial score (nSPS) is 10.9. The summed E-state index contributed by atoms with van der Waals surface area (Å²) < 4.78 is 0. The molecule has 4 heterocycles. The fourth-order valence-corrected chi connectivity index (χ4v) is 7.17. The number of nitrogen functional groups attached to an aromatic ring is 1. The van der Waals surface area contributed by atoms with Gasteiger partial charge in [0.1, 0.15) is 40.5 Å². The Morgan fingerprint density at radius 2 is 1.17 bits per heavy atom. The second-order valence-electron chi connectivity index (χ2n) is 12.7. The Balaban J connectivity index is 0.000000179. The van der Waals surface area contributed by atoms with Gasteiger partial charge in [-0.3, -0.25) is 14.8 Å². The smallest absolute Gasteiger partial charge is 0.150 e. The highest BCUT2D eigenvalue weighted by atomic mass is 35.5. The molecule has 0 saturated heterocycles. The van der Waals surface area contributed by atoms with Crippen molar-refractivity contribution in [2.45, 2.75) is 19.9 Å². The first-order valence-corrected chi connectivity index (χ1v) is 19.7. The molecule has 4 aromatic heterocycles. The van der Waals surface area contributed by atoms with Gasteiger partial charge in [0.25, 0.3) is 0 Å². The van der Waals surface area contributed by atoms with E-state index in [9.17, 15) is 15.0 Å². The maximum atomic E-state index is 11.0. The van der Waals surface area contributed by atoms with E-state index in [1.165, 1.54) is 6.07 Å². The molecular formula is C44H34Cl6N6O3. The Morgan fingerprint density at radius 1 is 0.610 bits per heavy atom. The highest BCUT2D eigenvalue weighted by Crippen LogP contribution is 2.40. The number of benzene rings is 4. The number of halogens is 6. The molecule has 300 valence electrons. The first-order chi connectivity index (χ1) is 28.2. The zero-order chi connectivity index (χ0) is 42.6. The first kappa shape index (κ1) is 44.7. The van der Waals surface area contributed by atoms with Crippen molar-refractivity contribution >= 4 is 109 Å². The zero-order valence-corrected chi connectivity index (χ0v) is 35.8. The third kappa shape index (κ3) is 12.6. The molecule has 0 aliphatic rings. The van der Waals surface area contributed by atoms with Crippen molar-refractivity contribution in [2.24, 2.45) is 0 Å². The van der Waals surface area contributed by atoms with Crippen molar-refractivity contribution in [3.05, 3.63) is 186 Å². The molecule has 9 nitrogen and oxygen atoms in total. The Bertz CT molecular complexity index is 2640. The van der Waals surface area contributed by atoms with Crippen LogP contribution in [0.15, 0.2) is 128 Å². The third-order valence-corrected chi connectivity index (χ3v) is 9.75. The van der Waals surface area contributed by atoms with Crippen molar-refractivity contribution in [2.75, 3.05) is 11.1 Å². The Hall–Kier alpha value is -5.39. The predicted octanol–water partition coefficient (Wildman–Crippen LogP) is 13.2. The minimum atomic E-state index is -0.510. The van der Waals surface area contributed by atoms with E-state index in [0.717, 1.165) is 22.1 Å². The van der Waals surface area contributed by atoms with Crippen LogP contribution in [0, 0.1) is 13.8 Å². The van der Waals surface area contributed by atoms with Crippen LogP contribution in [0.4, 0.5) is 11.6 Å². The molecule has 8 rings (SSSR count). The van der Waals surface area contributed by atoms with E-state index in [1.54, 1.807) is 85.5 Å². The van der Waals surface area contributed by atoms with Gasteiger partial charge in [-0.25, -0.2) is 9.97 Å². The number of rotatable bonds is 5. The van der Waals surface area contributed by atoms with Crippen molar-refractivity contribution in [3.63, 3.8) is 0 Å². The van der Waals surface area contributed by atoms with Gasteiger partial charge in [0.15, 0.2) is 0 Å². The quantitative estimate of drug-likeness (QED) is 0.124. The van der Waals surface area contributed by atoms with Gasteiger partial charge >= 0.3 is 0 Å². The van der Waals surface area contributed by atoms with E-state index in [-0.39, 0.29) is 11.5 Å². The number of carbonyl (C=O) groups excluding carboxylic acids is 1. The molecule has 0 aliphatic heterocycles. The molecule has 1 atom stereocenters. The second kappa shape index (κ2) is 21.0. The molecule has 4 aromatic carbocycles. The molecule has 0 fully saturated rings. The largest absolute Gasteiger partial charge is 0.506 e. The van der Waals surface area contributed by atoms with Crippen molar-refractivity contribution in [1.29, 1.82) is 0 Å². The minimum Gasteiger partial charge on any atom is -0.506 e. The number of nitrogens with zero attached hydrogens (tertiary/aromatic N) is 4. The van der Waals surface area contributed by atoms with Crippen molar-refractivity contribution < 1.29 is 15.0 Å². The number of anilines is 2. The van der Waals surface area contributed by atoms with Crippen LogP contribution in [0.25, 0.3) is 21.8 Å². The topological polar surface area (TPSA) is 147 Å². The summed E-state index contributed by atoms with van der Waals surface area (Å²) in [4.78, 5) is 26.7. The van der Waals surface area contributed by atoms with Gasteiger partial charge in [0.05, 0.1) is 16.1 Å². The van der Waals surface area contributed by atoms with Gasteiger partial charge in [0, 0.05) is 66.8 Å². The monoisotopic (exact) mass is 904 g/mol. The summed E-state index contributed by atoms with van der Waals surface area (Å²) in [6.45, 7) is 3.96. The predicted molar refractivity (Wildman–Crippen MR) is 243 cm³/mol. The standard InChI is InChI=1S/C22H16Cl3N3O.C9H6ClNO.C7H4Cl2O.C6H8N2/c1-12-4-6-26-19(7-12)28-20(13-8-14(23)10-15(24)9-13)17-11-18(25)16-3-2-5-27-21(16)22(17)29;10-7-3-4-8(12)9-6(7)2-1-5-11-9;8-6-1-5(4-10)2-7(9)3-6;1-5-2-3-8-6(7)4-5/h2-11,20,29H,1H3,(H,26,28);1-5,12H;1-4H;2-4H,1H3,(H2,7,8).